The molecule has 0 unspecified atom stereocenters. The molecule has 0 amide bonds. The second-order valence-electron chi connectivity index (χ2n) is 4.86. The Bertz CT molecular complexity index is 345. The largest absolute Gasteiger partial charge is 0.339 e. The Hall–Kier alpha value is -0.940. The predicted octanol–water partition coefficient (Wildman–Crippen LogP) is 1.25. The Kier molecular flexibility index (Phi) is 5.13. The number of nitrogens with one attached hydrogen (secondary N) is 1. The van der Waals surface area contributed by atoms with Gasteiger partial charge in [-0.15, -0.1) is 0 Å². The second-order valence-corrected chi connectivity index (χ2v) is 4.86. The highest BCUT2D eigenvalue weighted by Crippen LogP contribution is 2.18. The van der Waals surface area contributed by atoms with Crippen LogP contribution in [0, 0.1) is 0 Å². The minimum atomic E-state index is 0.745. The molecule has 0 aliphatic heterocycles. The molecular formula is C13H24N4O. The predicted molar refractivity (Wildman–Crippen MR) is 70.5 cm³/mol. The summed E-state index contributed by atoms with van der Waals surface area (Å²) in [6.07, 6.45) is 4.36. The number of hydrogen-bond donors (Lipinski definition) is 1. The van der Waals surface area contributed by atoms with Crippen LogP contribution in [0.3, 0.4) is 0 Å². The molecule has 1 aliphatic rings. The molecule has 0 spiro atoms. The van der Waals surface area contributed by atoms with E-state index in [1.54, 1.807) is 0 Å². The summed E-state index contributed by atoms with van der Waals surface area (Å²) in [4.78, 5) is 6.79. The van der Waals surface area contributed by atoms with Crippen LogP contribution in [-0.2, 0) is 12.8 Å². The van der Waals surface area contributed by atoms with Crippen LogP contribution in [0.1, 0.15) is 38.4 Å². The highest BCUT2D eigenvalue weighted by Gasteiger charge is 2.20. The van der Waals surface area contributed by atoms with Crippen molar-refractivity contribution in [1.29, 1.82) is 0 Å². The van der Waals surface area contributed by atoms with E-state index in [-0.39, 0.29) is 0 Å². The highest BCUT2D eigenvalue weighted by molar-refractivity contribution is 4.89. The lowest BCUT2D eigenvalue weighted by atomic mass is 10.3. The number of rotatable bonds is 9. The molecule has 2 rings (SSSR count). The third kappa shape index (κ3) is 4.38. The summed E-state index contributed by atoms with van der Waals surface area (Å²) in [5, 5.41) is 7.48. The van der Waals surface area contributed by atoms with E-state index in [2.05, 4.69) is 34.2 Å². The summed E-state index contributed by atoms with van der Waals surface area (Å²) in [6, 6.07) is 0.745. The number of nitrogens with zero attached hydrogens (tertiary/aromatic N) is 3. The molecule has 0 aromatic carbocycles. The van der Waals surface area contributed by atoms with E-state index in [0.717, 1.165) is 56.8 Å². The fraction of sp³-hybridized carbons (Fsp3) is 0.846. The van der Waals surface area contributed by atoms with Gasteiger partial charge in [-0.05, 0) is 25.9 Å². The SMILES string of the molecule is CCN(CC)CCc1noc(CCNC2CC2)n1. The van der Waals surface area contributed by atoms with Gasteiger partial charge in [-0.25, -0.2) is 0 Å². The van der Waals surface area contributed by atoms with E-state index in [0.29, 0.717) is 0 Å². The Morgan fingerprint density at radius 3 is 2.72 bits per heavy atom. The molecule has 0 radical (unpaired) electrons. The van der Waals surface area contributed by atoms with Crippen molar-refractivity contribution in [1.82, 2.24) is 20.4 Å². The third-order valence-corrected chi connectivity index (χ3v) is 3.41. The van der Waals surface area contributed by atoms with Gasteiger partial charge in [0.05, 0.1) is 0 Å². The van der Waals surface area contributed by atoms with Gasteiger partial charge in [0.15, 0.2) is 5.82 Å². The van der Waals surface area contributed by atoms with E-state index >= 15 is 0 Å². The molecule has 0 atom stereocenters. The lowest BCUT2D eigenvalue weighted by molar-refractivity contribution is 0.302. The molecule has 1 heterocycles. The number of aromatic nitrogens is 2. The number of hydrogen-bond acceptors (Lipinski definition) is 5. The molecule has 102 valence electrons. The smallest absolute Gasteiger partial charge is 0.227 e. The molecule has 1 aromatic heterocycles. The molecule has 1 aromatic rings. The molecule has 0 bridgehead atoms. The Balaban J connectivity index is 1.67. The summed E-state index contributed by atoms with van der Waals surface area (Å²) in [5.74, 6) is 1.60. The van der Waals surface area contributed by atoms with E-state index < -0.39 is 0 Å². The Morgan fingerprint density at radius 2 is 2.06 bits per heavy atom. The maximum atomic E-state index is 5.25. The summed E-state index contributed by atoms with van der Waals surface area (Å²) in [6.45, 7) is 8.46. The first kappa shape index (κ1) is 13.5. The van der Waals surface area contributed by atoms with Crippen molar-refractivity contribution in [3.8, 4) is 0 Å². The van der Waals surface area contributed by atoms with E-state index in [1.807, 2.05) is 0 Å². The van der Waals surface area contributed by atoms with Crippen LogP contribution in [0.2, 0.25) is 0 Å². The maximum absolute atomic E-state index is 5.25. The molecule has 0 saturated heterocycles. The van der Waals surface area contributed by atoms with Crippen LogP contribution in [0.25, 0.3) is 0 Å². The van der Waals surface area contributed by atoms with E-state index in [1.165, 1.54) is 12.8 Å². The zero-order valence-electron chi connectivity index (χ0n) is 11.5. The first-order chi connectivity index (χ1) is 8.81. The standard InChI is InChI=1S/C13H24N4O/c1-3-17(4-2)10-8-12-15-13(18-16-12)7-9-14-11-5-6-11/h11,14H,3-10H2,1-2H3. The van der Waals surface area contributed by atoms with Gasteiger partial charge in [0.1, 0.15) is 0 Å². The first-order valence-corrected chi connectivity index (χ1v) is 7.09. The van der Waals surface area contributed by atoms with Gasteiger partial charge in [0.2, 0.25) is 5.89 Å². The van der Waals surface area contributed by atoms with Crippen molar-refractivity contribution >= 4 is 0 Å². The minimum Gasteiger partial charge on any atom is -0.339 e. The van der Waals surface area contributed by atoms with Crippen molar-refractivity contribution in [3.63, 3.8) is 0 Å². The van der Waals surface area contributed by atoms with E-state index in [4.69, 9.17) is 4.52 Å². The van der Waals surface area contributed by atoms with Gasteiger partial charge in [-0.2, -0.15) is 4.98 Å². The molecule has 1 fully saturated rings. The fourth-order valence-electron chi connectivity index (χ4n) is 1.96. The third-order valence-electron chi connectivity index (χ3n) is 3.41. The Morgan fingerprint density at radius 1 is 1.28 bits per heavy atom. The fourth-order valence-corrected chi connectivity index (χ4v) is 1.96. The molecule has 18 heavy (non-hydrogen) atoms. The summed E-state index contributed by atoms with van der Waals surface area (Å²) in [7, 11) is 0. The average molecular weight is 252 g/mol. The zero-order chi connectivity index (χ0) is 12.8. The zero-order valence-corrected chi connectivity index (χ0v) is 11.5. The van der Waals surface area contributed by atoms with Gasteiger partial charge < -0.3 is 14.7 Å². The van der Waals surface area contributed by atoms with Crippen LogP contribution < -0.4 is 5.32 Å². The quantitative estimate of drug-likeness (QED) is 0.717. The highest BCUT2D eigenvalue weighted by atomic mass is 16.5. The monoisotopic (exact) mass is 252 g/mol. The normalized spacial score (nSPS) is 15.5. The maximum Gasteiger partial charge on any atom is 0.227 e. The van der Waals surface area contributed by atoms with Gasteiger partial charge in [0, 0.05) is 32.0 Å². The lowest BCUT2D eigenvalue weighted by Crippen LogP contribution is -2.25. The van der Waals surface area contributed by atoms with Crippen molar-refractivity contribution in [2.24, 2.45) is 0 Å². The van der Waals surface area contributed by atoms with Crippen LogP contribution in [-0.4, -0.2) is 47.3 Å². The van der Waals surface area contributed by atoms with Crippen LogP contribution in [0.5, 0.6) is 0 Å². The van der Waals surface area contributed by atoms with Gasteiger partial charge in [-0.3, -0.25) is 0 Å². The molecule has 1 saturated carbocycles. The topological polar surface area (TPSA) is 54.2 Å². The summed E-state index contributed by atoms with van der Waals surface area (Å²) < 4.78 is 5.25. The number of likely N-dealkylation sites (N-methyl/N-ethyl adjacent to an activating group) is 1. The molecular weight excluding hydrogens is 228 g/mol. The molecule has 5 heteroatoms. The molecule has 5 nitrogen and oxygen atoms in total. The van der Waals surface area contributed by atoms with Crippen molar-refractivity contribution in [2.75, 3.05) is 26.2 Å². The van der Waals surface area contributed by atoms with Crippen LogP contribution in [0.4, 0.5) is 0 Å². The van der Waals surface area contributed by atoms with Gasteiger partial charge in [0.25, 0.3) is 0 Å². The average Bonchev–Trinajstić information content (AvgIpc) is 3.10. The van der Waals surface area contributed by atoms with Gasteiger partial charge >= 0.3 is 0 Å². The summed E-state index contributed by atoms with van der Waals surface area (Å²) >= 11 is 0. The molecule has 1 aliphatic carbocycles. The van der Waals surface area contributed by atoms with E-state index in [9.17, 15) is 0 Å². The summed E-state index contributed by atoms with van der Waals surface area (Å²) in [5.41, 5.74) is 0. The van der Waals surface area contributed by atoms with Crippen LogP contribution >= 0.6 is 0 Å². The first-order valence-electron chi connectivity index (χ1n) is 7.09. The van der Waals surface area contributed by atoms with Crippen molar-refractivity contribution in [3.05, 3.63) is 11.7 Å². The van der Waals surface area contributed by atoms with Crippen molar-refractivity contribution in [2.45, 2.75) is 45.6 Å². The molecule has 1 N–H and O–H groups in total. The van der Waals surface area contributed by atoms with Crippen LogP contribution in [0.15, 0.2) is 4.52 Å². The lowest BCUT2D eigenvalue weighted by Gasteiger charge is -2.16. The second kappa shape index (κ2) is 6.85. The van der Waals surface area contributed by atoms with Gasteiger partial charge in [-0.1, -0.05) is 19.0 Å². The van der Waals surface area contributed by atoms with Crippen molar-refractivity contribution < 1.29 is 4.52 Å². The Labute approximate surface area is 109 Å². The minimum absolute atomic E-state index is 0.745.